The third-order valence-electron chi connectivity index (χ3n) is 3.02. The fourth-order valence-corrected chi connectivity index (χ4v) is 2.28. The zero-order chi connectivity index (χ0) is 12.1. The van der Waals surface area contributed by atoms with Crippen LogP contribution >= 0.6 is 11.6 Å². The lowest BCUT2D eigenvalue weighted by atomic mass is 10.1. The predicted molar refractivity (Wildman–Crippen MR) is 68.7 cm³/mol. The minimum atomic E-state index is 0.421. The first kappa shape index (κ1) is 12.7. The normalized spacial score (nSPS) is 20.2. The summed E-state index contributed by atoms with van der Waals surface area (Å²) in [5, 5.41) is 4.21. The summed E-state index contributed by atoms with van der Waals surface area (Å²) in [4.78, 5) is 0. The number of ether oxygens (including phenoxy) is 2. The molecule has 1 saturated heterocycles. The van der Waals surface area contributed by atoms with Gasteiger partial charge in [0.2, 0.25) is 0 Å². The lowest BCUT2D eigenvalue weighted by Crippen LogP contribution is -2.36. The number of hydrogen-bond acceptors (Lipinski definition) is 3. The Hall–Kier alpha value is -0.770. The molecular formula is C13H18ClNO2. The molecule has 0 unspecified atom stereocenters. The van der Waals surface area contributed by atoms with Crippen LogP contribution in [0.15, 0.2) is 18.2 Å². The van der Waals surface area contributed by atoms with Crippen LogP contribution < -0.4 is 10.1 Å². The van der Waals surface area contributed by atoms with Crippen LogP contribution in [0.3, 0.4) is 0 Å². The molecule has 0 bridgehead atoms. The molecule has 1 atom stereocenters. The lowest BCUT2D eigenvalue weighted by Gasteiger charge is -2.23. The molecule has 0 spiro atoms. The fraction of sp³-hybridized carbons (Fsp3) is 0.538. The van der Waals surface area contributed by atoms with Crippen molar-refractivity contribution in [2.24, 2.45) is 0 Å². The summed E-state index contributed by atoms with van der Waals surface area (Å²) in [7, 11) is 1.67. The Morgan fingerprint density at radius 3 is 3.12 bits per heavy atom. The summed E-state index contributed by atoms with van der Waals surface area (Å²) in [5.74, 6) is 0.835. The number of nitrogens with one attached hydrogen (secondary N) is 1. The minimum Gasteiger partial charge on any atom is -0.496 e. The summed E-state index contributed by atoms with van der Waals surface area (Å²) >= 11 is 6.17. The standard InChI is InChI=1S/C13H18ClNO2/c1-16-13-6-2-5-12(14)11(13)8-15-10-4-3-7-17-9-10/h2,5-6,10,15H,3-4,7-9H2,1H3/t10-/m1/s1. The van der Waals surface area contributed by atoms with Gasteiger partial charge in [0.1, 0.15) is 5.75 Å². The second-order valence-electron chi connectivity index (χ2n) is 4.22. The van der Waals surface area contributed by atoms with Gasteiger partial charge in [-0.15, -0.1) is 0 Å². The van der Waals surface area contributed by atoms with Gasteiger partial charge in [0.25, 0.3) is 0 Å². The van der Waals surface area contributed by atoms with Gasteiger partial charge in [0, 0.05) is 29.8 Å². The van der Waals surface area contributed by atoms with Gasteiger partial charge in [-0.1, -0.05) is 17.7 Å². The predicted octanol–water partition coefficient (Wildman–Crippen LogP) is 2.62. The highest BCUT2D eigenvalue weighted by Crippen LogP contribution is 2.26. The van der Waals surface area contributed by atoms with E-state index >= 15 is 0 Å². The SMILES string of the molecule is COc1cccc(Cl)c1CN[C@@H]1CCCOC1. The monoisotopic (exact) mass is 255 g/mol. The van der Waals surface area contributed by atoms with Crippen molar-refractivity contribution in [3.05, 3.63) is 28.8 Å². The molecule has 0 aliphatic carbocycles. The van der Waals surface area contributed by atoms with Crippen molar-refractivity contribution in [2.75, 3.05) is 20.3 Å². The third-order valence-corrected chi connectivity index (χ3v) is 3.38. The van der Waals surface area contributed by atoms with Gasteiger partial charge >= 0.3 is 0 Å². The average Bonchev–Trinajstić information content (AvgIpc) is 2.38. The van der Waals surface area contributed by atoms with E-state index in [-0.39, 0.29) is 0 Å². The Balaban J connectivity index is 1.97. The summed E-state index contributed by atoms with van der Waals surface area (Å²) in [6.45, 7) is 2.39. The fourth-order valence-electron chi connectivity index (χ4n) is 2.05. The van der Waals surface area contributed by atoms with Crippen LogP contribution in [0.5, 0.6) is 5.75 Å². The zero-order valence-electron chi connectivity index (χ0n) is 10.0. The van der Waals surface area contributed by atoms with E-state index < -0.39 is 0 Å². The molecule has 0 radical (unpaired) electrons. The van der Waals surface area contributed by atoms with Crippen LogP contribution in [0.2, 0.25) is 5.02 Å². The van der Waals surface area contributed by atoms with E-state index in [9.17, 15) is 0 Å². The maximum absolute atomic E-state index is 6.17. The topological polar surface area (TPSA) is 30.5 Å². The summed E-state index contributed by atoms with van der Waals surface area (Å²) < 4.78 is 10.7. The van der Waals surface area contributed by atoms with Crippen molar-refractivity contribution in [1.29, 1.82) is 0 Å². The second kappa shape index (κ2) is 6.24. The van der Waals surface area contributed by atoms with Crippen LogP contribution in [0.1, 0.15) is 18.4 Å². The largest absolute Gasteiger partial charge is 0.496 e. The maximum Gasteiger partial charge on any atom is 0.124 e. The van der Waals surface area contributed by atoms with Crippen molar-refractivity contribution in [1.82, 2.24) is 5.32 Å². The molecule has 1 aliphatic rings. The van der Waals surface area contributed by atoms with Gasteiger partial charge in [-0.05, 0) is 25.0 Å². The second-order valence-corrected chi connectivity index (χ2v) is 4.62. The molecule has 94 valence electrons. The van der Waals surface area contributed by atoms with Crippen LogP contribution in [0.4, 0.5) is 0 Å². The number of rotatable bonds is 4. The van der Waals surface area contributed by atoms with Crippen LogP contribution in [0, 0.1) is 0 Å². The molecule has 1 N–H and O–H groups in total. The molecule has 1 fully saturated rings. The lowest BCUT2D eigenvalue weighted by molar-refractivity contribution is 0.0699. The van der Waals surface area contributed by atoms with Gasteiger partial charge < -0.3 is 14.8 Å². The van der Waals surface area contributed by atoms with Crippen LogP contribution in [0.25, 0.3) is 0 Å². The van der Waals surface area contributed by atoms with Crippen molar-refractivity contribution in [3.8, 4) is 5.75 Å². The van der Waals surface area contributed by atoms with Gasteiger partial charge in [-0.2, -0.15) is 0 Å². The molecular weight excluding hydrogens is 238 g/mol. The Morgan fingerprint density at radius 2 is 2.41 bits per heavy atom. The van der Waals surface area contributed by atoms with Crippen molar-refractivity contribution in [2.45, 2.75) is 25.4 Å². The van der Waals surface area contributed by atoms with Crippen molar-refractivity contribution < 1.29 is 9.47 Å². The molecule has 17 heavy (non-hydrogen) atoms. The molecule has 2 rings (SSSR count). The number of halogens is 1. The average molecular weight is 256 g/mol. The van der Waals surface area contributed by atoms with E-state index in [1.807, 2.05) is 18.2 Å². The number of methoxy groups -OCH3 is 1. The molecule has 0 aromatic heterocycles. The van der Waals surface area contributed by atoms with Crippen LogP contribution in [-0.2, 0) is 11.3 Å². The molecule has 1 aliphatic heterocycles. The smallest absolute Gasteiger partial charge is 0.124 e. The molecule has 3 nitrogen and oxygen atoms in total. The van der Waals surface area contributed by atoms with E-state index in [4.69, 9.17) is 21.1 Å². The van der Waals surface area contributed by atoms with Crippen LogP contribution in [-0.4, -0.2) is 26.4 Å². The molecule has 0 amide bonds. The molecule has 1 aromatic carbocycles. The zero-order valence-corrected chi connectivity index (χ0v) is 10.8. The quantitative estimate of drug-likeness (QED) is 0.897. The van der Waals surface area contributed by atoms with E-state index in [1.54, 1.807) is 7.11 Å². The summed E-state index contributed by atoms with van der Waals surface area (Å²) in [6.07, 6.45) is 2.28. The highest BCUT2D eigenvalue weighted by atomic mass is 35.5. The number of benzene rings is 1. The Labute approximate surface area is 107 Å². The first-order chi connectivity index (χ1) is 8.31. The summed E-state index contributed by atoms with van der Waals surface area (Å²) in [6, 6.07) is 6.14. The Morgan fingerprint density at radius 1 is 1.53 bits per heavy atom. The minimum absolute atomic E-state index is 0.421. The molecule has 0 saturated carbocycles. The highest BCUT2D eigenvalue weighted by Gasteiger charge is 2.15. The molecule has 1 aromatic rings. The van der Waals surface area contributed by atoms with Gasteiger partial charge in [-0.3, -0.25) is 0 Å². The van der Waals surface area contributed by atoms with Gasteiger partial charge in [0.15, 0.2) is 0 Å². The van der Waals surface area contributed by atoms with Gasteiger partial charge in [0.05, 0.1) is 13.7 Å². The maximum atomic E-state index is 6.17. The third kappa shape index (κ3) is 3.35. The number of hydrogen-bond donors (Lipinski definition) is 1. The van der Waals surface area contributed by atoms with Crippen molar-refractivity contribution in [3.63, 3.8) is 0 Å². The van der Waals surface area contributed by atoms with Gasteiger partial charge in [-0.25, -0.2) is 0 Å². The molecule has 4 heteroatoms. The first-order valence-electron chi connectivity index (χ1n) is 5.94. The Kier molecular flexibility index (Phi) is 4.66. The van der Waals surface area contributed by atoms with E-state index in [2.05, 4.69) is 5.32 Å². The first-order valence-corrected chi connectivity index (χ1v) is 6.31. The van der Waals surface area contributed by atoms with E-state index in [1.165, 1.54) is 0 Å². The van der Waals surface area contributed by atoms with E-state index in [0.717, 1.165) is 48.9 Å². The highest BCUT2D eigenvalue weighted by molar-refractivity contribution is 6.31. The van der Waals surface area contributed by atoms with Crippen molar-refractivity contribution >= 4 is 11.6 Å². The van der Waals surface area contributed by atoms with E-state index in [0.29, 0.717) is 6.04 Å². The Bertz CT molecular complexity index is 364. The summed E-state index contributed by atoms with van der Waals surface area (Å²) in [5.41, 5.74) is 1.02. The molecule has 1 heterocycles.